The summed E-state index contributed by atoms with van der Waals surface area (Å²) in [5.74, 6) is 1.84. The van der Waals surface area contributed by atoms with Crippen molar-refractivity contribution in [2.45, 2.75) is 25.9 Å². The van der Waals surface area contributed by atoms with Crippen LogP contribution in [0.2, 0.25) is 0 Å². The lowest BCUT2D eigenvalue weighted by Crippen LogP contribution is -2.14. The Kier molecular flexibility index (Phi) is 5.61. The van der Waals surface area contributed by atoms with E-state index >= 15 is 0 Å². The molecule has 8 heteroatoms. The Hall–Kier alpha value is -2.64. The predicted molar refractivity (Wildman–Crippen MR) is 93.1 cm³/mol. The van der Waals surface area contributed by atoms with Crippen LogP contribution in [0, 0.1) is 0 Å². The van der Waals surface area contributed by atoms with E-state index in [4.69, 9.17) is 0 Å². The topological polar surface area (TPSA) is 53.4 Å². The minimum Gasteiger partial charge on any atom is -0.363 e. The Labute approximate surface area is 144 Å². The van der Waals surface area contributed by atoms with Gasteiger partial charge >= 0.3 is 6.18 Å². The summed E-state index contributed by atoms with van der Waals surface area (Å²) in [5, 5.41) is 3.90. The molecule has 1 N–H and O–H groups in total. The maximum Gasteiger partial charge on any atom is 0.417 e. The summed E-state index contributed by atoms with van der Waals surface area (Å²) in [6.07, 6.45) is -3.30. The first-order valence-electron chi connectivity index (χ1n) is 7.70. The molecule has 25 heavy (non-hydrogen) atoms. The first-order chi connectivity index (χ1) is 11.7. The fraction of sp³-hybridized carbons (Fsp3) is 0.353. The van der Waals surface area contributed by atoms with Gasteiger partial charge in [-0.15, -0.1) is 0 Å². The van der Waals surface area contributed by atoms with Gasteiger partial charge < -0.3 is 4.90 Å². The highest BCUT2D eigenvalue weighted by Gasteiger charge is 2.32. The van der Waals surface area contributed by atoms with Crippen LogP contribution in [0.15, 0.2) is 35.4 Å². The van der Waals surface area contributed by atoms with Crippen LogP contribution in [0.3, 0.4) is 0 Å². The average molecular weight is 351 g/mol. The van der Waals surface area contributed by atoms with Crippen molar-refractivity contribution < 1.29 is 13.2 Å². The second kappa shape index (κ2) is 7.50. The molecule has 0 aliphatic rings. The molecule has 0 unspecified atom stereocenters. The van der Waals surface area contributed by atoms with Crippen LogP contribution in [-0.4, -0.2) is 30.3 Å². The lowest BCUT2D eigenvalue weighted by atomic mass is 10.1. The zero-order chi connectivity index (χ0) is 18.6. The fourth-order valence-electron chi connectivity index (χ4n) is 2.03. The molecule has 0 fully saturated rings. The van der Waals surface area contributed by atoms with Gasteiger partial charge in [0.05, 0.1) is 11.8 Å². The molecular weight excluding hydrogens is 331 g/mol. The molecule has 0 aliphatic heterocycles. The summed E-state index contributed by atoms with van der Waals surface area (Å²) in [6, 6.07) is 6.93. The summed E-state index contributed by atoms with van der Waals surface area (Å²) in [5.41, 5.74) is 1.93. The highest BCUT2D eigenvalue weighted by atomic mass is 19.4. The number of nitrogens with zero attached hydrogens (tertiary/aromatic N) is 4. The van der Waals surface area contributed by atoms with Gasteiger partial charge in [0.2, 0.25) is 0 Å². The van der Waals surface area contributed by atoms with Gasteiger partial charge in [-0.05, 0) is 6.07 Å². The molecular formula is C17H20F3N5. The van der Waals surface area contributed by atoms with Gasteiger partial charge in [0.1, 0.15) is 11.6 Å². The van der Waals surface area contributed by atoms with Gasteiger partial charge in [0, 0.05) is 31.6 Å². The van der Waals surface area contributed by atoms with E-state index in [-0.39, 0.29) is 11.5 Å². The lowest BCUT2D eigenvalue weighted by Gasteiger charge is -2.15. The van der Waals surface area contributed by atoms with Crippen LogP contribution in [0.1, 0.15) is 36.7 Å². The zero-order valence-corrected chi connectivity index (χ0v) is 14.5. The number of halogens is 3. The second-order valence-electron chi connectivity index (χ2n) is 5.97. The largest absolute Gasteiger partial charge is 0.417 e. The van der Waals surface area contributed by atoms with Crippen LogP contribution >= 0.6 is 0 Å². The molecule has 2 aromatic rings. The fourth-order valence-corrected chi connectivity index (χ4v) is 2.03. The lowest BCUT2D eigenvalue weighted by molar-refractivity contribution is -0.137. The van der Waals surface area contributed by atoms with Crippen LogP contribution in [0.25, 0.3) is 0 Å². The first-order valence-corrected chi connectivity index (χ1v) is 7.70. The Morgan fingerprint density at radius 2 is 1.84 bits per heavy atom. The van der Waals surface area contributed by atoms with E-state index < -0.39 is 11.7 Å². The minimum absolute atomic E-state index is 0.0199. The zero-order valence-electron chi connectivity index (χ0n) is 14.5. The number of alkyl halides is 3. The van der Waals surface area contributed by atoms with E-state index in [1.54, 1.807) is 6.07 Å². The third-order valence-corrected chi connectivity index (χ3v) is 3.35. The third-order valence-electron chi connectivity index (χ3n) is 3.35. The second-order valence-corrected chi connectivity index (χ2v) is 5.97. The van der Waals surface area contributed by atoms with Gasteiger partial charge in [0.15, 0.2) is 5.82 Å². The summed E-state index contributed by atoms with van der Waals surface area (Å²) in [4.78, 5) is 10.6. The molecule has 0 saturated carbocycles. The predicted octanol–water partition coefficient (Wildman–Crippen LogP) is 4.13. The Bertz CT molecular complexity index is 728. The van der Waals surface area contributed by atoms with Gasteiger partial charge in [-0.1, -0.05) is 32.0 Å². The van der Waals surface area contributed by atoms with Gasteiger partial charge in [0.25, 0.3) is 0 Å². The highest BCUT2D eigenvalue weighted by Crippen LogP contribution is 2.31. The van der Waals surface area contributed by atoms with Crippen molar-refractivity contribution in [3.63, 3.8) is 0 Å². The van der Waals surface area contributed by atoms with E-state index in [0.29, 0.717) is 17.5 Å². The molecule has 0 spiro atoms. The Balaban J connectivity index is 2.26. The molecule has 0 amide bonds. The van der Waals surface area contributed by atoms with E-state index in [2.05, 4.69) is 20.5 Å². The summed E-state index contributed by atoms with van der Waals surface area (Å²) >= 11 is 0. The van der Waals surface area contributed by atoms with Crippen LogP contribution in [0.4, 0.5) is 24.8 Å². The molecule has 0 atom stereocenters. The third kappa shape index (κ3) is 4.91. The standard InChI is InChI=1S/C17H20F3N5/c1-11(2)16-22-14(9-15(23-16)25(3)4)24-21-10-12-7-5-6-8-13(12)17(18,19)20/h5-11H,1-4H3,(H,22,23,24)/b21-10-. The number of hydrazone groups is 1. The normalized spacial score (nSPS) is 12.0. The average Bonchev–Trinajstić information content (AvgIpc) is 2.54. The molecule has 2 rings (SSSR count). The van der Waals surface area contributed by atoms with Crippen LogP contribution in [0.5, 0.6) is 0 Å². The molecule has 1 aromatic heterocycles. The molecule has 1 heterocycles. The first kappa shape index (κ1) is 18.7. The van der Waals surface area contributed by atoms with Crippen molar-refractivity contribution in [3.05, 3.63) is 47.3 Å². The number of nitrogens with one attached hydrogen (secondary N) is 1. The SMILES string of the molecule is CC(C)c1nc(N/N=C\c2ccccc2C(F)(F)F)cc(N(C)C)n1. The molecule has 5 nitrogen and oxygen atoms in total. The molecule has 0 saturated heterocycles. The number of hydrogen-bond donors (Lipinski definition) is 1. The van der Waals surface area contributed by atoms with Crippen molar-refractivity contribution >= 4 is 17.9 Å². The summed E-state index contributed by atoms with van der Waals surface area (Å²) in [7, 11) is 3.69. The number of aromatic nitrogens is 2. The molecule has 134 valence electrons. The Morgan fingerprint density at radius 1 is 1.16 bits per heavy atom. The molecule has 0 radical (unpaired) electrons. The molecule has 0 bridgehead atoms. The van der Waals surface area contributed by atoms with Crippen molar-refractivity contribution in [2.75, 3.05) is 24.4 Å². The maximum absolute atomic E-state index is 13.0. The van der Waals surface area contributed by atoms with E-state index in [1.807, 2.05) is 32.8 Å². The number of anilines is 2. The molecule has 0 aliphatic carbocycles. The van der Waals surface area contributed by atoms with Gasteiger partial charge in [-0.2, -0.15) is 18.3 Å². The van der Waals surface area contributed by atoms with Crippen molar-refractivity contribution in [1.29, 1.82) is 0 Å². The van der Waals surface area contributed by atoms with Crippen LogP contribution in [-0.2, 0) is 6.18 Å². The van der Waals surface area contributed by atoms with Gasteiger partial charge in [-0.3, -0.25) is 5.43 Å². The van der Waals surface area contributed by atoms with E-state index in [0.717, 1.165) is 12.3 Å². The number of hydrogen-bond acceptors (Lipinski definition) is 5. The maximum atomic E-state index is 13.0. The van der Waals surface area contributed by atoms with Gasteiger partial charge in [-0.25, -0.2) is 9.97 Å². The summed E-state index contributed by atoms with van der Waals surface area (Å²) in [6.45, 7) is 3.92. The monoisotopic (exact) mass is 351 g/mol. The van der Waals surface area contributed by atoms with Crippen molar-refractivity contribution in [3.8, 4) is 0 Å². The quantitative estimate of drug-likeness (QED) is 0.650. The molecule has 1 aromatic carbocycles. The van der Waals surface area contributed by atoms with E-state index in [1.165, 1.54) is 18.2 Å². The Morgan fingerprint density at radius 3 is 2.44 bits per heavy atom. The summed E-state index contributed by atoms with van der Waals surface area (Å²) < 4.78 is 38.9. The highest BCUT2D eigenvalue weighted by molar-refractivity contribution is 5.82. The minimum atomic E-state index is -4.43. The number of rotatable bonds is 5. The van der Waals surface area contributed by atoms with Crippen molar-refractivity contribution in [2.24, 2.45) is 5.10 Å². The van der Waals surface area contributed by atoms with Crippen molar-refractivity contribution in [1.82, 2.24) is 9.97 Å². The van der Waals surface area contributed by atoms with E-state index in [9.17, 15) is 13.2 Å². The van der Waals surface area contributed by atoms with Crippen LogP contribution < -0.4 is 10.3 Å². The smallest absolute Gasteiger partial charge is 0.363 e. The number of benzene rings is 1.